The average Bonchev–Trinajstić information content (AvgIpc) is 3.54. The number of anilines is 2. The van der Waals surface area contributed by atoms with Gasteiger partial charge < -0.3 is 0 Å². The van der Waals surface area contributed by atoms with E-state index in [2.05, 4.69) is 218 Å². The number of hydrogen-bond donors (Lipinski definition) is 1. The van der Waals surface area contributed by atoms with Crippen molar-refractivity contribution in [2.45, 2.75) is 10.8 Å². The summed E-state index contributed by atoms with van der Waals surface area (Å²) in [5.74, 6) is 7.22. The molecule has 0 amide bonds. The average molecular weight is 667 g/mol. The quantitative estimate of drug-likeness (QED) is 0.0993. The molecule has 0 saturated carbocycles. The SMILES string of the molecule is NN(c1cccc(C(c2ccccc2)(c2ccccc2)c2ccccc2)c1)c1cccc(C2(c3ccccc3)c3ccccc3-c3ccccc32)c1. The first-order chi connectivity index (χ1) is 25.7. The lowest BCUT2D eigenvalue weighted by molar-refractivity contribution is 0.744. The molecule has 0 radical (unpaired) electrons. The molecule has 0 atom stereocenters. The van der Waals surface area contributed by atoms with Crippen molar-refractivity contribution in [3.8, 4) is 11.1 Å². The third-order valence-electron chi connectivity index (χ3n) is 10.9. The zero-order valence-electron chi connectivity index (χ0n) is 28.8. The van der Waals surface area contributed by atoms with Crippen molar-refractivity contribution < 1.29 is 0 Å². The number of rotatable bonds is 8. The van der Waals surface area contributed by atoms with Crippen molar-refractivity contribution in [2.75, 3.05) is 5.01 Å². The van der Waals surface area contributed by atoms with Gasteiger partial charge in [0.05, 0.1) is 22.2 Å². The second-order valence-electron chi connectivity index (χ2n) is 13.5. The zero-order valence-corrected chi connectivity index (χ0v) is 28.8. The van der Waals surface area contributed by atoms with Crippen LogP contribution in [-0.2, 0) is 10.8 Å². The molecule has 2 N–H and O–H groups in total. The van der Waals surface area contributed by atoms with Crippen LogP contribution in [0.3, 0.4) is 0 Å². The summed E-state index contributed by atoms with van der Waals surface area (Å²) in [6, 6.07) is 78.5. The maximum absolute atomic E-state index is 7.22. The maximum atomic E-state index is 7.22. The fourth-order valence-corrected chi connectivity index (χ4v) is 8.70. The molecule has 2 heteroatoms. The Bertz CT molecular complexity index is 2220. The van der Waals surface area contributed by atoms with Crippen LogP contribution in [-0.4, -0.2) is 0 Å². The second-order valence-corrected chi connectivity index (χ2v) is 13.5. The first-order valence-corrected chi connectivity index (χ1v) is 17.9. The largest absolute Gasteiger partial charge is 0.280 e. The van der Waals surface area contributed by atoms with Crippen molar-refractivity contribution in [3.05, 3.63) is 263 Å². The fourth-order valence-electron chi connectivity index (χ4n) is 8.70. The van der Waals surface area contributed by atoms with Crippen LogP contribution in [0.1, 0.15) is 44.5 Å². The van der Waals surface area contributed by atoms with E-state index in [1.807, 2.05) is 5.01 Å². The molecule has 0 bridgehead atoms. The van der Waals surface area contributed by atoms with Crippen LogP contribution in [0.15, 0.2) is 218 Å². The van der Waals surface area contributed by atoms with Gasteiger partial charge >= 0.3 is 0 Å². The highest BCUT2D eigenvalue weighted by Gasteiger charge is 2.46. The Labute approximate surface area is 306 Å². The minimum atomic E-state index is -0.572. The molecule has 0 saturated heterocycles. The number of nitrogens with zero attached hydrogens (tertiary/aromatic N) is 1. The molecule has 0 aromatic heterocycles. The maximum Gasteiger partial charge on any atom is 0.0714 e. The number of benzene rings is 8. The molecule has 0 aliphatic heterocycles. The summed E-state index contributed by atoms with van der Waals surface area (Å²) in [5, 5.41) is 1.84. The highest BCUT2D eigenvalue weighted by atomic mass is 15.4. The molecule has 1 aliphatic rings. The molecule has 1 aliphatic carbocycles. The number of nitrogens with two attached hydrogens (primary N) is 1. The van der Waals surface area contributed by atoms with E-state index in [9.17, 15) is 0 Å². The van der Waals surface area contributed by atoms with Crippen molar-refractivity contribution in [3.63, 3.8) is 0 Å². The van der Waals surface area contributed by atoms with Crippen molar-refractivity contribution >= 4 is 11.4 Å². The zero-order chi connectivity index (χ0) is 35.0. The molecule has 0 fully saturated rings. The molecule has 0 heterocycles. The molecular weight excluding hydrogens is 629 g/mol. The Kier molecular flexibility index (Phi) is 7.88. The summed E-state index contributed by atoms with van der Waals surface area (Å²) in [7, 11) is 0. The molecule has 248 valence electrons. The van der Waals surface area contributed by atoms with Crippen molar-refractivity contribution in [1.82, 2.24) is 0 Å². The van der Waals surface area contributed by atoms with Gasteiger partial charge in [-0.15, -0.1) is 0 Å². The van der Waals surface area contributed by atoms with Crippen LogP contribution in [0.2, 0.25) is 0 Å². The van der Waals surface area contributed by atoms with Gasteiger partial charge in [-0.2, -0.15) is 0 Å². The smallest absolute Gasteiger partial charge is 0.0714 e. The highest BCUT2D eigenvalue weighted by Crippen LogP contribution is 2.56. The van der Waals surface area contributed by atoms with Crippen molar-refractivity contribution in [2.24, 2.45) is 5.84 Å². The van der Waals surface area contributed by atoms with Gasteiger partial charge in [0.2, 0.25) is 0 Å². The van der Waals surface area contributed by atoms with Crippen LogP contribution in [0, 0.1) is 0 Å². The molecule has 0 unspecified atom stereocenters. The third kappa shape index (κ3) is 4.84. The van der Waals surface area contributed by atoms with Gasteiger partial charge in [0, 0.05) is 0 Å². The lowest BCUT2D eigenvalue weighted by Gasteiger charge is -2.37. The highest BCUT2D eigenvalue weighted by molar-refractivity contribution is 5.86. The summed E-state index contributed by atoms with van der Waals surface area (Å²) in [6.45, 7) is 0. The Morgan fingerprint density at radius 1 is 0.346 bits per heavy atom. The van der Waals surface area contributed by atoms with Gasteiger partial charge in [-0.25, -0.2) is 5.84 Å². The molecule has 0 spiro atoms. The molecule has 52 heavy (non-hydrogen) atoms. The summed E-state index contributed by atoms with van der Waals surface area (Å²) >= 11 is 0. The van der Waals surface area contributed by atoms with Gasteiger partial charge in [0.25, 0.3) is 0 Å². The summed E-state index contributed by atoms with van der Waals surface area (Å²) in [5.41, 5.74) is 13.0. The lowest BCUT2D eigenvalue weighted by Crippen LogP contribution is -2.32. The summed E-state index contributed by atoms with van der Waals surface area (Å²) in [6.07, 6.45) is 0. The standard InChI is InChI=1S/C50H38N2/c51-52(43-29-17-27-41(35-43)49(37-19-5-1-6-20-37,38-21-7-2-8-22-38)39-23-9-3-10-24-39)44-30-18-28-42(36-44)50(40-25-11-4-12-26-40)47-33-15-13-31-45(47)46-32-14-16-34-48(46)50/h1-36H,51H2. The number of fused-ring (bicyclic) bond motifs is 3. The van der Waals surface area contributed by atoms with E-state index in [0.29, 0.717) is 0 Å². The van der Waals surface area contributed by atoms with E-state index in [1.165, 1.54) is 50.1 Å². The van der Waals surface area contributed by atoms with E-state index in [1.54, 1.807) is 0 Å². The van der Waals surface area contributed by atoms with Crippen molar-refractivity contribution in [1.29, 1.82) is 0 Å². The van der Waals surface area contributed by atoms with Crippen LogP contribution in [0.5, 0.6) is 0 Å². The molecular formula is C50H38N2. The Morgan fingerprint density at radius 3 is 1.25 bits per heavy atom. The third-order valence-corrected chi connectivity index (χ3v) is 10.9. The monoisotopic (exact) mass is 666 g/mol. The Hall–Kier alpha value is -6.48. The van der Waals surface area contributed by atoms with E-state index < -0.39 is 10.8 Å². The van der Waals surface area contributed by atoms with Gasteiger partial charge in [-0.05, 0) is 79.9 Å². The summed E-state index contributed by atoms with van der Waals surface area (Å²) < 4.78 is 0. The summed E-state index contributed by atoms with van der Waals surface area (Å²) in [4.78, 5) is 0. The number of hydrogen-bond acceptors (Lipinski definition) is 2. The number of hydrazine groups is 1. The van der Waals surface area contributed by atoms with Crippen LogP contribution >= 0.6 is 0 Å². The van der Waals surface area contributed by atoms with E-state index in [4.69, 9.17) is 5.84 Å². The fraction of sp³-hybridized carbons (Fsp3) is 0.0400. The van der Waals surface area contributed by atoms with E-state index in [0.717, 1.165) is 16.9 Å². The molecule has 8 aromatic carbocycles. The first-order valence-electron chi connectivity index (χ1n) is 17.9. The van der Waals surface area contributed by atoms with Gasteiger partial charge in [0.1, 0.15) is 0 Å². The van der Waals surface area contributed by atoms with Gasteiger partial charge in [-0.1, -0.05) is 194 Å². The minimum absolute atomic E-state index is 0.504. The normalized spacial score (nSPS) is 12.9. The van der Waals surface area contributed by atoms with Crippen LogP contribution in [0.25, 0.3) is 11.1 Å². The van der Waals surface area contributed by atoms with Gasteiger partial charge in [0.15, 0.2) is 0 Å². The van der Waals surface area contributed by atoms with E-state index in [-0.39, 0.29) is 0 Å². The van der Waals surface area contributed by atoms with Crippen LogP contribution < -0.4 is 10.9 Å². The predicted molar refractivity (Wildman–Crippen MR) is 215 cm³/mol. The van der Waals surface area contributed by atoms with E-state index >= 15 is 0 Å². The Morgan fingerprint density at radius 2 is 0.731 bits per heavy atom. The molecule has 9 rings (SSSR count). The molecule has 2 nitrogen and oxygen atoms in total. The minimum Gasteiger partial charge on any atom is -0.280 e. The topological polar surface area (TPSA) is 29.3 Å². The van der Waals surface area contributed by atoms with Crippen LogP contribution in [0.4, 0.5) is 11.4 Å². The predicted octanol–water partition coefficient (Wildman–Crippen LogP) is 11.4. The Balaban J connectivity index is 1.22. The second kappa shape index (κ2) is 13.0. The first kappa shape index (κ1) is 31.5. The van der Waals surface area contributed by atoms with Gasteiger partial charge in [-0.3, -0.25) is 5.01 Å². The lowest BCUT2D eigenvalue weighted by atomic mass is 9.65. The molecule has 8 aromatic rings.